The van der Waals surface area contributed by atoms with Crippen LogP contribution in [0.1, 0.15) is 13.8 Å². The second-order valence-corrected chi connectivity index (χ2v) is 5.64. The minimum atomic E-state index is -0.616. The summed E-state index contributed by atoms with van der Waals surface area (Å²) in [6.07, 6.45) is 0. The number of hydrogen-bond donors (Lipinski definition) is 1. The number of amides is 2. The summed E-state index contributed by atoms with van der Waals surface area (Å²) in [7, 11) is 1.64. The molecule has 1 rings (SSSR count). The minimum Gasteiger partial charge on any atom is -0.342 e. The summed E-state index contributed by atoms with van der Waals surface area (Å²) in [4.78, 5) is 37.6. The van der Waals surface area contributed by atoms with Crippen molar-refractivity contribution in [3.05, 3.63) is 33.3 Å². The maximum atomic E-state index is 12.0. The number of nitrogens with zero attached hydrogens (tertiary/aromatic N) is 3. The number of anilines is 1. The lowest BCUT2D eigenvalue weighted by molar-refractivity contribution is -0.383. The van der Waals surface area contributed by atoms with Crippen LogP contribution in [0.25, 0.3) is 0 Å². The normalized spacial score (nSPS) is 10.5. The molecule has 0 saturated heterocycles. The van der Waals surface area contributed by atoms with Gasteiger partial charge in [0.05, 0.1) is 18.0 Å². The molecule has 0 spiro atoms. The quantitative estimate of drug-likeness (QED) is 0.567. The van der Waals surface area contributed by atoms with Gasteiger partial charge >= 0.3 is 0 Å². The van der Waals surface area contributed by atoms with Crippen LogP contribution in [0.2, 0.25) is 5.02 Å². The Morgan fingerprint density at radius 2 is 1.88 bits per heavy atom. The summed E-state index contributed by atoms with van der Waals surface area (Å²) >= 11 is 5.73. The Labute approximate surface area is 145 Å². The SMILES string of the molecule is CCN(CC)C(=O)CN(C)CC(=O)Nc1ccc(Cl)cc1[N+](=O)[O-]. The van der Waals surface area contributed by atoms with Gasteiger partial charge in [0.25, 0.3) is 5.69 Å². The van der Waals surface area contributed by atoms with Crippen molar-refractivity contribution in [1.82, 2.24) is 9.80 Å². The van der Waals surface area contributed by atoms with Gasteiger partial charge in [0, 0.05) is 24.2 Å². The Balaban J connectivity index is 2.67. The van der Waals surface area contributed by atoms with E-state index in [9.17, 15) is 19.7 Å². The zero-order chi connectivity index (χ0) is 18.3. The largest absolute Gasteiger partial charge is 0.342 e. The zero-order valence-electron chi connectivity index (χ0n) is 13.9. The summed E-state index contributed by atoms with van der Waals surface area (Å²) in [5.41, 5.74) is -0.212. The van der Waals surface area contributed by atoms with Gasteiger partial charge in [0.2, 0.25) is 11.8 Å². The highest BCUT2D eigenvalue weighted by atomic mass is 35.5. The number of nitrogens with one attached hydrogen (secondary N) is 1. The number of nitro benzene ring substituents is 1. The van der Waals surface area contributed by atoms with Crippen molar-refractivity contribution in [3.8, 4) is 0 Å². The molecule has 9 heteroatoms. The number of likely N-dealkylation sites (N-methyl/N-ethyl adjacent to an activating group) is 2. The molecule has 1 N–H and O–H groups in total. The molecule has 2 amide bonds. The molecule has 0 aliphatic carbocycles. The number of carbonyl (C=O) groups is 2. The molecule has 0 aromatic heterocycles. The van der Waals surface area contributed by atoms with E-state index >= 15 is 0 Å². The van der Waals surface area contributed by atoms with Crippen LogP contribution in [0.15, 0.2) is 18.2 Å². The Hall–Kier alpha value is -2.19. The smallest absolute Gasteiger partial charge is 0.294 e. The lowest BCUT2D eigenvalue weighted by Crippen LogP contribution is -2.41. The lowest BCUT2D eigenvalue weighted by atomic mass is 10.2. The first-order valence-electron chi connectivity index (χ1n) is 7.48. The van der Waals surface area contributed by atoms with E-state index < -0.39 is 10.8 Å². The summed E-state index contributed by atoms with van der Waals surface area (Å²) in [6.45, 7) is 5.00. The van der Waals surface area contributed by atoms with Crippen LogP contribution in [0.4, 0.5) is 11.4 Å². The molecular weight excluding hydrogens is 336 g/mol. The Kier molecular flexibility index (Phi) is 7.60. The average Bonchev–Trinajstić information content (AvgIpc) is 2.49. The van der Waals surface area contributed by atoms with Crippen molar-refractivity contribution in [3.63, 3.8) is 0 Å². The molecule has 1 aromatic rings. The highest BCUT2D eigenvalue weighted by Crippen LogP contribution is 2.27. The van der Waals surface area contributed by atoms with Crippen LogP contribution in [0.3, 0.4) is 0 Å². The van der Waals surface area contributed by atoms with Crippen molar-refractivity contribution in [2.45, 2.75) is 13.8 Å². The number of carbonyl (C=O) groups excluding carboxylic acids is 2. The first-order valence-corrected chi connectivity index (χ1v) is 7.86. The number of benzene rings is 1. The van der Waals surface area contributed by atoms with E-state index in [2.05, 4.69) is 5.32 Å². The second kappa shape index (κ2) is 9.19. The van der Waals surface area contributed by atoms with E-state index in [0.29, 0.717) is 13.1 Å². The molecule has 0 bridgehead atoms. The van der Waals surface area contributed by atoms with E-state index in [1.165, 1.54) is 18.2 Å². The van der Waals surface area contributed by atoms with Crippen molar-refractivity contribution in [2.75, 3.05) is 38.5 Å². The molecule has 0 saturated carbocycles. The molecule has 24 heavy (non-hydrogen) atoms. The van der Waals surface area contributed by atoms with E-state index in [0.717, 1.165) is 0 Å². The summed E-state index contributed by atoms with van der Waals surface area (Å²) in [6, 6.07) is 4.00. The van der Waals surface area contributed by atoms with E-state index in [1.807, 2.05) is 13.8 Å². The standard InChI is InChI=1S/C15H21ClN4O4/c1-4-19(5-2)15(22)10-18(3)9-14(21)17-12-7-6-11(16)8-13(12)20(23)24/h6-8H,4-5,9-10H2,1-3H3,(H,17,21). The van der Waals surface area contributed by atoms with Gasteiger partial charge in [-0.2, -0.15) is 0 Å². The fourth-order valence-corrected chi connectivity index (χ4v) is 2.33. The van der Waals surface area contributed by atoms with Gasteiger partial charge < -0.3 is 10.2 Å². The summed E-state index contributed by atoms with van der Waals surface area (Å²) < 4.78 is 0. The van der Waals surface area contributed by atoms with E-state index in [1.54, 1.807) is 16.8 Å². The van der Waals surface area contributed by atoms with Crippen LogP contribution >= 0.6 is 11.6 Å². The molecule has 0 aliphatic rings. The van der Waals surface area contributed by atoms with Crippen molar-refractivity contribution >= 4 is 34.8 Å². The third-order valence-electron chi connectivity index (χ3n) is 3.37. The highest BCUT2D eigenvalue weighted by molar-refractivity contribution is 6.31. The van der Waals surface area contributed by atoms with Gasteiger partial charge in [0.15, 0.2) is 0 Å². The Morgan fingerprint density at radius 1 is 1.25 bits per heavy atom. The molecular formula is C15H21ClN4O4. The van der Waals surface area contributed by atoms with E-state index in [4.69, 9.17) is 11.6 Å². The fourth-order valence-electron chi connectivity index (χ4n) is 2.16. The van der Waals surface area contributed by atoms with Crippen LogP contribution in [0.5, 0.6) is 0 Å². The number of hydrogen-bond acceptors (Lipinski definition) is 5. The van der Waals surface area contributed by atoms with Crippen molar-refractivity contribution in [1.29, 1.82) is 0 Å². The maximum Gasteiger partial charge on any atom is 0.294 e. The van der Waals surface area contributed by atoms with Crippen molar-refractivity contribution in [2.24, 2.45) is 0 Å². The predicted octanol–water partition coefficient (Wildman–Crippen LogP) is 1.99. The van der Waals surface area contributed by atoms with Gasteiger partial charge in [-0.3, -0.25) is 24.6 Å². The third kappa shape index (κ3) is 5.78. The molecule has 1 aromatic carbocycles. The first-order chi connectivity index (χ1) is 11.3. The Morgan fingerprint density at radius 3 is 2.42 bits per heavy atom. The highest BCUT2D eigenvalue weighted by Gasteiger charge is 2.18. The van der Waals surface area contributed by atoms with Gasteiger partial charge in [-0.05, 0) is 33.0 Å². The van der Waals surface area contributed by atoms with E-state index in [-0.39, 0.29) is 35.4 Å². The second-order valence-electron chi connectivity index (χ2n) is 5.21. The number of rotatable bonds is 8. The molecule has 0 radical (unpaired) electrons. The van der Waals surface area contributed by atoms with Crippen LogP contribution < -0.4 is 5.32 Å². The van der Waals surface area contributed by atoms with Crippen molar-refractivity contribution < 1.29 is 14.5 Å². The number of nitro groups is 1. The molecule has 0 unspecified atom stereocenters. The summed E-state index contributed by atoms with van der Waals surface area (Å²) in [5, 5.41) is 13.7. The molecule has 0 atom stereocenters. The van der Waals surface area contributed by atoms with Gasteiger partial charge in [0.1, 0.15) is 5.69 Å². The van der Waals surface area contributed by atoms with Gasteiger partial charge in [-0.25, -0.2) is 0 Å². The van der Waals surface area contributed by atoms with Gasteiger partial charge in [-0.1, -0.05) is 11.6 Å². The van der Waals surface area contributed by atoms with Crippen LogP contribution in [-0.4, -0.2) is 59.8 Å². The number of halogens is 1. The fraction of sp³-hybridized carbons (Fsp3) is 0.467. The first kappa shape index (κ1) is 19.9. The lowest BCUT2D eigenvalue weighted by Gasteiger charge is -2.22. The monoisotopic (exact) mass is 356 g/mol. The molecule has 8 nitrogen and oxygen atoms in total. The Bertz CT molecular complexity index is 619. The maximum absolute atomic E-state index is 12.0. The van der Waals surface area contributed by atoms with Crippen LogP contribution in [0, 0.1) is 10.1 Å². The average molecular weight is 357 g/mol. The molecule has 0 fully saturated rings. The van der Waals surface area contributed by atoms with Crippen LogP contribution in [-0.2, 0) is 9.59 Å². The molecule has 132 valence electrons. The molecule has 0 aliphatic heterocycles. The minimum absolute atomic E-state index is 0.0627. The predicted molar refractivity (Wildman–Crippen MR) is 92.2 cm³/mol. The molecule has 0 heterocycles. The van der Waals surface area contributed by atoms with Gasteiger partial charge in [-0.15, -0.1) is 0 Å². The third-order valence-corrected chi connectivity index (χ3v) is 3.60. The topological polar surface area (TPSA) is 95.8 Å². The zero-order valence-corrected chi connectivity index (χ0v) is 14.7. The summed E-state index contributed by atoms with van der Waals surface area (Å²) in [5.74, 6) is -0.525.